The second kappa shape index (κ2) is 3.08. The predicted octanol–water partition coefficient (Wildman–Crippen LogP) is 2.33. The average molecular weight is 188 g/mol. The summed E-state index contributed by atoms with van der Waals surface area (Å²) in [5.41, 5.74) is 4.02. The van der Waals surface area contributed by atoms with Gasteiger partial charge in [-0.3, -0.25) is 4.98 Å². The number of nitrogens with two attached hydrogens (primary N) is 1. The fourth-order valence-corrected chi connectivity index (χ4v) is 0.899. The van der Waals surface area contributed by atoms with Gasteiger partial charge in [0.2, 0.25) is 0 Å². The zero-order valence-corrected chi connectivity index (χ0v) is 6.60. The number of hydrogen-bond donors (Lipinski definition) is 1. The molecule has 2 N–H and O–H groups in total. The lowest BCUT2D eigenvalue weighted by atomic mass is 10.1. The Morgan fingerprint density at radius 3 is 2.54 bits per heavy atom. The van der Waals surface area contributed by atoms with Gasteiger partial charge in [-0.2, -0.15) is 13.2 Å². The molecule has 0 spiro atoms. The third-order valence-electron chi connectivity index (χ3n) is 1.52. The molecule has 1 aromatic heterocycles. The van der Waals surface area contributed by atoms with E-state index in [1.54, 1.807) is 0 Å². The van der Waals surface area contributed by atoms with Gasteiger partial charge >= 0.3 is 6.18 Å². The van der Waals surface area contributed by atoms with E-state index in [2.05, 4.69) is 11.6 Å². The molecule has 0 unspecified atom stereocenters. The molecule has 0 aliphatic rings. The molecular formula is C8H7F3N2. The molecule has 2 nitrogen and oxygen atoms in total. The molecule has 70 valence electrons. The maximum absolute atomic E-state index is 12.2. The summed E-state index contributed by atoms with van der Waals surface area (Å²) in [7, 11) is 0. The molecule has 0 saturated carbocycles. The van der Waals surface area contributed by atoms with Gasteiger partial charge in [-0.1, -0.05) is 6.58 Å². The first-order chi connectivity index (χ1) is 5.96. The highest BCUT2D eigenvalue weighted by Crippen LogP contribution is 2.34. The van der Waals surface area contributed by atoms with Crippen LogP contribution >= 0.6 is 0 Å². The van der Waals surface area contributed by atoms with Gasteiger partial charge in [-0.15, -0.1) is 0 Å². The number of aromatic nitrogens is 1. The van der Waals surface area contributed by atoms with E-state index in [4.69, 9.17) is 5.73 Å². The number of anilines is 1. The first-order valence-electron chi connectivity index (χ1n) is 3.41. The molecule has 0 amide bonds. The molecule has 5 heteroatoms. The van der Waals surface area contributed by atoms with Crippen molar-refractivity contribution in [1.29, 1.82) is 0 Å². The summed E-state index contributed by atoms with van der Waals surface area (Å²) in [4.78, 5) is 3.63. The number of nitrogen functional groups attached to an aromatic ring is 1. The molecule has 0 fully saturated rings. The molecule has 0 aromatic carbocycles. The number of hydrogen-bond acceptors (Lipinski definition) is 2. The maximum atomic E-state index is 12.2. The van der Waals surface area contributed by atoms with Crippen LogP contribution < -0.4 is 5.73 Å². The van der Waals surface area contributed by atoms with Crippen molar-refractivity contribution in [2.75, 3.05) is 5.73 Å². The second-order valence-corrected chi connectivity index (χ2v) is 2.36. The van der Waals surface area contributed by atoms with Crippen molar-refractivity contribution in [1.82, 2.24) is 4.98 Å². The second-order valence-electron chi connectivity index (χ2n) is 2.36. The molecule has 0 aliphatic carbocycles. The van der Waals surface area contributed by atoms with E-state index >= 15 is 0 Å². The van der Waals surface area contributed by atoms with Crippen LogP contribution in [-0.4, -0.2) is 4.98 Å². The van der Waals surface area contributed by atoms with Crippen LogP contribution in [0.1, 0.15) is 11.3 Å². The SMILES string of the molecule is C=Cc1nccc(C(F)(F)F)c1N. The van der Waals surface area contributed by atoms with Crippen molar-refractivity contribution < 1.29 is 13.2 Å². The highest BCUT2D eigenvalue weighted by Gasteiger charge is 2.33. The van der Waals surface area contributed by atoms with Gasteiger partial charge in [0.1, 0.15) is 0 Å². The lowest BCUT2D eigenvalue weighted by molar-refractivity contribution is -0.137. The number of alkyl halides is 3. The number of pyridine rings is 1. The van der Waals surface area contributed by atoms with E-state index in [0.717, 1.165) is 12.3 Å². The molecule has 1 heterocycles. The van der Waals surface area contributed by atoms with Crippen LogP contribution in [0.4, 0.5) is 18.9 Å². The van der Waals surface area contributed by atoms with Gasteiger partial charge in [-0.25, -0.2) is 0 Å². The zero-order valence-electron chi connectivity index (χ0n) is 6.60. The van der Waals surface area contributed by atoms with E-state index in [1.807, 2.05) is 0 Å². The van der Waals surface area contributed by atoms with Crippen LogP contribution in [0.25, 0.3) is 6.08 Å². The first kappa shape index (κ1) is 9.57. The topological polar surface area (TPSA) is 38.9 Å². The molecule has 13 heavy (non-hydrogen) atoms. The molecule has 0 bridgehead atoms. The number of nitrogens with zero attached hydrogens (tertiary/aromatic N) is 1. The van der Waals surface area contributed by atoms with Crippen LogP contribution in [0.3, 0.4) is 0 Å². The molecule has 0 aliphatic heterocycles. The fourth-order valence-electron chi connectivity index (χ4n) is 0.899. The summed E-state index contributed by atoms with van der Waals surface area (Å²) in [6.07, 6.45) is -2.20. The molecule has 0 atom stereocenters. The van der Waals surface area contributed by atoms with Gasteiger partial charge in [0, 0.05) is 6.20 Å². The van der Waals surface area contributed by atoms with Gasteiger partial charge in [0.15, 0.2) is 0 Å². The van der Waals surface area contributed by atoms with E-state index in [1.165, 1.54) is 6.08 Å². The highest BCUT2D eigenvalue weighted by atomic mass is 19.4. The van der Waals surface area contributed by atoms with Crippen LogP contribution in [0, 0.1) is 0 Å². The minimum Gasteiger partial charge on any atom is -0.396 e. The average Bonchev–Trinajstić information content (AvgIpc) is 2.02. The molecular weight excluding hydrogens is 181 g/mol. The Kier molecular flexibility index (Phi) is 2.27. The molecule has 0 radical (unpaired) electrons. The standard InChI is InChI=1S/C8H7F3N2/c1-2-6-7(12)5(3-4-13-6)8(9,10)11/h2-4H,1,12H2. The van der Waals surface area contributed by atoms with Crippen molar-refractivity contribution in [2.45, 2.75) is 6.18 Å². The quantitative estimate of drug-likeness (QED) is 0.734. The number of halogens is 3. The summed E-state index contributed by atoms with van der Waals surface area (Å²) in [6, 6.07) is 0.836. The third-order valence-corrected chi connectivity index (χ3v) is 1.52. The predicted molar refractivity (Wildman–Crippen MR) is 43.7 cm³/mol. The van der Waals surface area contributed by atoms with Gasteiger partial charge in [-0.05, 0) is 12.1 Å². The van der Waals surface area contributed by atoms with Crippen LogP contribution in [0.15, 0.2) is 18.8 Å². The summed E-state index contributed by atoms with van der Waals surface area (Å²) < 4.78 is 36.7. The van der Waals surface area contributed by atoms with Crippen molar-refractivity contribution in [3.8, 4) is 0 Å². The highest BCUT2D eigenvalue weighted by molar-refractivity contribution is 5.63. The van der Waals surface area contributed by atoms with E-state index in [0.29, 0.717) is 0 Å². The number of rotatable bonds is 1. The van der Waals surface area contributed by atoms with E-state index < -0.39 is 11.7 Å². The Labute approximate surface area is 72.9 Å². The van der Waals surface area contributed by atoms with Crippen molar-refractivity contribution in [3.63, 3.8) is 0 Å². The maximum Gasteiger partial charge on any atom is 0.418 e. The minimum atomic E-state index is -4.44. The molecule has 1 rings (SSSR count). The van der Waals surface area contributed by atoms with Crippen molar-refractivity contribution in [3.05, 3.63) is 30.1 Å². The Balaban J connectivity index is 3.32. The Morgan fingerprint density at radius 2 is 2.08 bits per heavy atom. The third kappa shape index (κ3) is 1.80. The first-order valence-corrected chi connectivity index (χ1v) is 3.41. The minimum absolute atomic E-state index is 0.0508. The van der Waals surface area contributed by atoms with Gasteiger partial charge in [0.05, 0.1) is 16.9 Å². The normalized spacial score (nSPS) is 11.3. The monoisotopic (exact) mass is 188 g/mol. The molecule has 1 aromatic rings. The van der Waals surface area contributed by atoms with Crippen LogP contribution in [0.5, 0.6) is 0 Å². The van der Waals surface area contributed by atoms with E-state index in [9.17, 15) is 13.2 Å². The van der Waals surface area contributed by atoms with Crippen LogP contribution in [0.2, 0.25) is 0 Å². The summed E-state index contributed by atoms with van der Waals surface area (Å²) >= 11 is 0. The fraction of sp³-hybridized carbons (Fsp3) is 0.125. The Bertz CT molecular complexity index is 331. The van der Waals surface area contributed by atoms with Crippen LogP contribution in [-0.2, 0) is 6.18 Å². The van der Waals surface area contributed by atoms with E-state index in [-0.39, 0.29) is 11.4 Å². The zero-order chi connectivity index (χ0) is 10.1. The lowest BCUT2D eigenvalue weighted by Crippen LogP contribution is -2.10. The Morgan fingerprint density at radius 1 is 1.46 bits per heavy atom. The summed E-state index contributed by atoms with van der Waals surface area (Å²) in [6.45, 7) is 3.31. The van der Waals surface area contributed by atoms with Crippen molar-refractivity contribution >= 4 is 11.8 Å². The largest absolute Gasteiger partial charge is 0.418 e. The lowest BCUT2D eigenvalue weighted by Gasteiger charge is -2.10. The smallest absolute Gasteiger partial charge is 0.396 e. The summed E-state index contributed by atoms with van der Waals surface area (Å²) in [5.74, 6) is 0. The van der Waals surface area contributed by atoms with Crippen molar-refractivity contribution in [2.24, 2.45) is 0 Å². The summed E-state index contributed by atoms with van der Waals surface area (Å²) in [5, 5.41) is 0. The Hall–Kier alpha value is -1.52. The molecule has 0 saturated heterocycles. The van der Waals surface area contributed by atoms with Gasteiger partial charge < -0.3 is 5.73 Å². The van der Waals surface area contributed by atoms with Gasteiger partial charge in [0.25, 0.3) is 0 Å².